The third-order valence-electron chi connectivity index (χ3n) is 4.48. The van der Waals surface area contributed by atoms with Crippen molar-refractivity contribution in [2.75, 3.05) is 39.9 Å². The molecule has 0 saturated carbocycles. The first-order valence-electron chi connectivity index (χ1n) is 8.67. The number of amides is 2. The number of carbonyl (C=O) groups is 2. The third kappa shape index (κ3) is 3.68. The van der Waals surface area contributed by atoms with E-state index < -0.39 is 0 Å². The van der Waals surface area contributed by atoms with Crippen molar-refractivity contribution < 1.29 is 9.59 Å². The number of nitrogens with one attached hydrogen (secondary N) is 2. The highest BCUT2D eigenvalue weighted by molar-refractivity contribution is 9.09. The van der Waals surface area contributed by atoms with Crippen LogP contribution in [0.25, 0.3) is 0 Å². The first kappa shape index (κ1) is 19.3. The van der Waals surface area contributed by atoms with E-state index >= 15 is 0 Å². The standard InChI is InChI=1S/C19H17BrN6O2S/c1-25-13-7-8-29-16(13)18(28)26(2)14-10-21-19(24-17(14)25)23-12-5-3-11(4-6-12)22-15(27)9-20/h3-8,10H,9H2,1-2H3,(H,22,27)(H,21,23,24). The van der Waals surface area contributed by atoms with E-state index in [1.54, 1.807) is 30.3 Å². The molecule has 2 N–H and O–H groups in total. The number of alkyl halides is 1. The van der Waals surface area contributed by atoms with Gasteiger partial charge in [0, 0.05) is 25.5 Å². The lowest BCUT2D eigenvalue weighted by Crippen LogP contribution is -2.25. The lowest BCUT2D eigenvalue weighted by atomic mass is 10.3. The van der Waals surface area contributed by atoms with Crippen LogP contribution in [0.15, 0.2) is 41.9 Å². The zero-order valence-corrected chi connectivity index (χ0v) is 18.0. The summed E-state index contributed by atoms with van der Waals surface area (Å²) in [5, 5.41) is 8.07. The molecule has 29 heavy (non-hydrogen) atoms. The molecule has 3 heterocycles. The predicted molar refractivity (Wildman–Crippen MR) is 119 cm³/mol. The first-order chi connectivity index (χ1) is 14.0. The van der Waals surface area contributed by atoms with Gasteiger partial charge in [-0.05, 0) is 35.7 Å². The molecule has 0 fully saturated rings. The van der Waals surface area contributed by atoms with Gasteiger partial charge in [-0.2, -0.15) is 4.98 Å². The van der Waals surface area contributed by atoms with Gasteiger partial charge in [0.05, 0.1) is 17.2 Å². The Morgan fingerprint density at radius 3 is 2.55 bits per heavy atom. The van der Waals surface area contributed by atoms with Crippen LogP contribution in [0.1, 0.15) is 9.67 Å². The van der Waals surface area contributed by atoms with Crippen LogP contribution >= 0.6 is 27.3 Å². The molecule has 0 spiro atoms. The van der Waals surface area contributed by atoms with Gasteiger partial charge >= 0.3 is 0 Å². The maximum atomic E-state index is 12.7. The molecule has 2 amide bonds. The highest BCUT2D eigenvalue weighted by Gasteiger charge is 2.30. The van der Waals surface area contributed by atoms with Gasteiger partial charge in [-0.25, -0.2) is 4.98 Å². The van der Waals surface area contributed by atoms with Gasteiger partial charge in [0.1, 0.15) is 10.6 Å². The second kappa shape index (κ2) is 7.80. The zero-order valence-electron chi connectivity index (χ0n) is 15.6. The fraction of sp³-hybridized carbons (Fsp3) is 0.158. The van der Waals surface area contributed by atoms with Crippen LogP contribution in [0.5, 0.6) is 0 Å². The van der Waals surface area contributed by atoms with Gasteiger partial charge in [-0.15, -0.1) is 11.3 Å². The Bertz CT molecular complexity index is 1080. The fourth-order valence-electron chi connectivity index (χ4n) is 2.97. The van der Waals surface area contributed by atoms with Crippen LogP contribution in [0.2, 0.25) is 0 Å². The van der Waals surface area contributed by atoms with Crippen LogP contribution in [0, 0.1) is 0 Å². The molecule has 0 aliphatic carbocycles. The molecule has 3 aromatic rings. The van der Waals surface area contributed by atoms with Gasteiger partial charge in [0.2, 0.25) is 11.9 Å². The maximum absolute atomic E-state index is 12.7. The normalized spacial score (nSPS) is 12.9. The predicted octanol–water partition coefficient (Wildman–Crippen LogP) is 3.97. The Morgan fingerprint density at radius 1 is 1.10 bits per heavy atom. The average Bonchev–Trinajstić information content (AvgIpc) is 3.21. The number of hydrogen-bond donors (Lipinski definition) is 2. The Labute approximate surface area is 179 Å². The molecule has 2 aromatic heterocycles. The second-order valence-electron chi connectivity index (χ2n) is 6.34. The summed E-state index contributed by atoms with van der Waals surface area (Å²) < 4.78 is 0. The summed E-state index contributed by atoms with van der Waals surface area (Å²) in [7, 11) is 3.61. The molecule has 1 aliphatic rings. The molecule has 4 rings (SSSR count). The van der Waals surface area contributed by atoms with Crippen molar-refractivity contribution in [1.82, 2.24) is 9.97 Å². The average molecular weight is 473 g/mol. The van der Waals surface area contributed by atoms with E-state index in [4.69, 9.17) is 0 Å². The summed E-state index contributed by atoms with van der Waals surface area (Å²) in [6.07, 6.45) is 1.64. The molecule has 148 valence electrons. The molecule has 0 saturated heterocycles. The Kier molecular flexibility index (Phi) is 5.20. The minimum Gasteiger partial charge on any atom is -0.326 e. The van der Waals surface area contributed by atoms with E-state index in [-0.39, 0.29) is 17.1 Å². The van der Waals surface area contributed by atoms with Gasteiger partial charge < -0.3 is 20.4 Å². The lowest BCUT2D eigenvalue weighted by Gasteiger charge is -2.20. The van der Waals surface area contributed by atoms with Crippen molar-refractivity contribution in [3.05, 3.63) is 46.8 Å². The largest absolute Gasteiger partial charge is 0.326 e. The molecule has 10 heteroatoms. The van der Waals surface area contributed by atoms with Gasteiger partial charge in [-0.3, -0.25) is 9.59 Å². The number of halogens is 1. The van der Waals surface area contributed by atoms with Crippen LogP contribution in [0.3, 0.4) is 0 Å². The molecule has 0 atom stereocenters. The van der Waals surface area contributed by atoms with E-state index in [0.29, 0.717) is 28.0 Å². The Balaban J connectivity index is 1.61. The van der Waals surface area contributed by atoms with Crippen molar-refractivity contribution in [2.24, 2.45) is 0 Å². The summed E-state index contributed by atoms with van der Waals surface area (Å²) in [4.78, 5) is 37.3. The van der Waals surface area contributed by atoms with Crippen molar-refractivity contribution in [1.29, 1.82) is 0 Å². The monoisotopic (exact) mass is 472 g/mol. The molecule has 0 bridgehead atoms. The van der Waals surface area contributed by atoms with Gasteiger partial charge in [0.25, 0.3) is 5.91 Å². The van der Waals surface area contributed by atoms with E-state index in [2.05, 4.69) is 36.5 Å². The number of anilines is 6. The highest BCUT2D eigenvalue weighted by Crippen LogP contribution is 2.40. The molecular formula is C19H17BrN6O2S. The summed E-state index contributed by atoms with van der Waals surface area (Å²) in [6, 6.07) is 9.16. The molecular weight excluding hydrogens is 456 g/mol. The number of aromatic nitrogens is 2. The van der Waals surface area contributed by atoms with Crippen molar-refractivity contribution in [3.63, 3.8) is 0 Å². The van der Waals surface area contributed by atoms with Gasteiger partial charge in [0.15, 0.2) is 5.82 Å². The molecule has 1 aromatic carbocycles. The van der Waals surface area contributed by atoms with Gasteiger partial charge in [-0.1, -0.05) is 15.9 Å². The quantitative estimate of drug-likeness (QED) is 0.558. The topological polar surface area (TPSA) is 90.5 Å². The fourth-order valence-corrected chi connectivity index (χ4v) is 4.01. The zero-order chi connectivity index (χ0) is 20.5. The minimum absolute atomic E-state index is 0.0778. The van der Waals surface area contributed by atoms with Crippen molar-refractivity contribution in [3.8, 4) is 0 Å². The van der Waals surface area contributed by atoms with Crippen molar-refractivity contribution >= 4 is 73.6 Å². The maximum Gasteiger partial charge on any atom is 0.270 e. The van der Waals surface area contributed by atoms with E-state index in [1.165, 1.54) is 11.3 Å². The van der Waals surface area contributed by atoms with Crippen LogP contribution < -0.4 is 20.4 Å². The lowest BCUT2D eigenvalue weighted by molar-refractivity contribution is -0.113. The van der Waals surface area contributed by atoms with Crippen molar-refractivity contribution in [2.45, 2.75) is 0 Å². The smallest absolute Gasteiger partial charge is 0.270 e. The molecule has 8 nitrogen and oxygen atoms in total. The first-order valence-corrected chi connectivity index (χ1v) is 10.7. The molecule has 0 unspecified atom stereocenters. The van der Waals surface area contributed by atoms with Crippen LogP contribution in [-0.4, -0.2) is 41.2 Å². The SMILES string of the molecule is CN1C(=O)c2sccc2N(C)c2nc(Nc3ccc(NC(=O)CBr)cc3)ncc21. The minimum atomic E-state index is -0.116. The number of hydrogen-bond acceptors (Lipinski definition) is 7. The van der Waals surface area contributed by atoms with E-state index in [1.807, 2.05) is 35.5 Å². The number of benzene rings is 1. The summed E-state index contributed by atoms with van der Waals surface area (Å²) >= 11 is 4.53. The summed E-state index contributed by atoms with van der Waals surface area (Å²) in [5.74, 6) is 0.851. The summed E-state index contributed by atoms with van der Waals surface area (Å²) in [5.41, 5.74) is 2.94. The van der Waals surface area contributed by atoms with E-state index in [9.17, 15) is 9.59 Å². The highest BCUT2D eigenvalue weighted by atomic mass is 79.9. The summed E-state index contributed by atoms with van der Waals surface area (Å²) in [6.45, 7) is 0. The van der Waals surface area contributed by atoms with E-state index in [0.717, 1.165) is 11.4 Å². The van der Waals surface area contributed by atoms with Crippen LogP contribution in [0.4, 0.5) is 34.5 Å². The Hall–Kier alpha value is -2.98. The van der Waals surface area contributed by atoms with Crippen LogP contribution in [-0.2, 0) is 4.79 Å². The number of thiophene rings is 1. The number of nitrogens with zero attached hydrogens (tertiary/aromatic N) is 4. The number of carbonyl (C=O) groups excluding carboxylic acids is 2. The Morgan fingerprint density at radius 2 is 1.83 bits per heavy atom. The third-order valence-corrected chi connectivity index (χ3v) is 5.88. The number of fused-ring (bicyclic) bond motifs is 2. The second-order valence-corrected chi connectivity index (χ2v) is 7.82. The number of rotatable bonds is 4. The molecule has 1 aliphatic heterocycles. The molecule has 0 radical (unpaired) electrons.